The molecule has 0 fully saturated rings. The molecule has 0 aliphatic heterocycles. The van der Waals surface area contributed by atoms with Crippen molar-refractivity contribution in [3.8, 4) is 0 Å². The molecule has 0 N–H and O–H groups in total. The largest absolute Gasteiger partial charge is 0.756 e. The van der Waals surface area contributed by atoms with Gasteiger partial charge in [0.25, 0.3) is 7.82 Å². The maximum atomic E-state index is 12.8. The summed E-state index contributed by atoms with van der Waals surface area (Å²) in [4.78, 5) is 37.9. The van der Waals surface area contributed by atoms with Crippen molar-refractivity contribution in [3.05, 3.63) is 170 Å². The summed E-state index contributed by atoms with van der Waals surface area (Å²) in [6.07, 6.45) is 89.8. The van der Waals surface area contributed by atoms with Gasteiger partial charge in [-0.1, -0.05) is 235 Å². The van der Waals surface area contributed by atoms with Crippen LogP contribution in [-0.4, -0.2) is 70.0 Å². The molecule has 0 aromatic rings. The average Bonchev–Trinajstić information content (AvgIpc) is 3.42. The number of allylic oxidation sites excluding steroid dienone is 28. The molecule has 2 atom stereocenters. The number of quaternary nitrogens is 1. The van der Waals surface area contributed by atoms with E-state index in [1.165, 1.54) is 25.7 Å². The molecule has 10 heteroatoms. The third-order valence-corrected chi connectivity index (χ3v) is 13.2. The lowest BCUT2D eigenvalue weighted by Gasteiger charge is -2.28. The van der Waals surface area contributed by atoms with Gasteiger partial charge in [0, 0.05) is 12.8 Å². The fraction of sp³-hybridized carbons (Fsp3) is 0.571. The maximum absolute atomic E-state index is 12.8. The molecule has 2 unspecified atom stereocenters. The normalized spacial score (nSPS) is 14.4. The number of phosphoric ester groups is 1. The van der Waals surface area contributed by atoms with Crippen LogP contribution in [0.2, 0.25) is 0 Å². The number of rotatable bonds is 54. The Morgan fingerprint density at radius 3 is 1.00 bits per heavy atom. The number of carbonyl (C=O) groups excluding carboxylic acids is 2. The fourth-order valence-electron chi connectivity index (χ4n) is 7.56. The van der Waals surface area contributed by atoms with E-state index < -0.39 is 32.5 Å². The molecule has 0 aromatic carbocycles. The molecule has 0 amide bonds. The number of nitrogens with zero attached hydrogens (tertiary/aromatic N) is 1. The Morgan fingerprint density at radius 1 is 0.388 bits per heavy atom. The Labute approximate surface area is 489 Å². The third-order valence-electron chi connectivity index (χ3n) is 12.2. The van der Waals surface area contributed by atoms with Gasteiger partial charge in [0.2, 0.25) is 0 Å². The molecular formula is C70H112NO8P. The SMILES string of the molecule is CC/C=C\C/C=C\C/C=C\C/C=C\C/C=C\C/C=C\C/C=C\C/C=C\C/C=C\C/C=C\CCCCCCCCCCC(=O)OC(COC(=O)CCCCCC/C=C\C/C=C\C/C=C\C/C=C\CC)COP(=O)([O-])OCC[N+](C)(C)C. The van der Waals surface area contributed by atoms with Crippen molar-refractivity contribution in [1.82, 2.24) is 0 Å². The summed E-state index contributed by atoms with van der Waals surface area (Å²) in [6, 6.07) is 0. The zero-order valence-corrected chi connectivity index (χ0v) is 51.8. The van der Waals surface area contributed by atoms with E-state index in [1.807, 2.05) is 21.1 Å². The number of unbranched alkanes of at least 4 members (excludes halogenated alkanes) is 12. The number of carbonyl (C=O) groups is 2. The first kappa shape index (κ1) is 75.4. The lowest BCUT2D eigenvalue weighted by molar-refractivity contribution is -0.870. The van der Waals surface area contributed by atoms with E-state index in [0.29, 0.717) is 23.9 Å². The van der Waals surface area contributed by atoms with Gasteiger partial charge in [0.1, 0.15) is 19.8 Å². The first-order valence-electron chi connectivity index (χ1n) is 30.8. The Bertz CT molecular complexity index is 1950. The molecule has 80 heavy (non-hydrogen) atoms. The first-order chi connectivity index (χ1) is 39.0. The highest BCUT2D eigenvalue weighted by Crippen LogP contribution is 2.38. The topological polar surface area (TPSA) is 111 Å². The van der Waals surface area contributed by atoms with Crippen LogP contribution in [0.4, 0.5) is 0 Å². The van der Waals surface area contributed by atoms with E-state index in [9.17, 15) is 19.0 Å². The van der Waals surface area contributed by atoms with Crippen LogP contribution >= 0.6 is 7.82 Å². The minimum atomic E-state index is -4.66. The van der Waals surface area contributed by atoms with Crippen LogP contribution in [0.1, 0.15) is 206 Å². The zero-order chi connectivity index (χ0) is 58.4. The van der Waals surface area contributed by atoms with E-state index in [4.69, 9.17) is 18.5 Å². The first-order valence-corrected chi connectivity index (χ1v) is 32.3. The molecule has 9 nitrogen and oxygen atoms in total. The maximum Gasteiger partial charge on any atom is 0.306 e. The van der Waals surface area contributed by atoms with E-state index in [2.05, 4.69) is 184 Å². The van der Waals surface area contributed by atoms with Crippen LogP contribution in [0.3, 0.4) is 0 Å². The molecule has 0 aliphatic rings. The van der Waals surface area contributed by atoms with Gasteiger partial charge in [-0.25, -0.2) is 0 Å². The van der Waals surface area contributed by atoms with Gasteiger partial charge >= 0.3 is 11.9 Å². The summed E-state index contributed by atoms with van der Waals surface area (Å²) in [7, 11) is 1.12. The number of esters is 2. The highest BCUT2D eigenvalue weighted by Gasteiger charge is 2.21. The Kier molecular flexibility index (Phi) is 55.6. The van der Waals surface area contributed by atoms with Gasteiger partial charge < -0.3 is 27.9 Å². The summed E-state index contributed by atoms with van der Waals surface area (Å²) in [5.41, 5.74) is 0. The van der Waals surface area contributed by atoms with Gasteiger partial charge in [-0.3, -0.25) is 14.2 Å². The lowest BCUT2D eigenvalue weighted by atomic mass is 10.1. The Hall–Kier alpha value is -4.63. The molecule has 0 spiro atoms. The second kappa shape index (κ2) is 59.0. The highest BCUT2D eigenvalue weighted by atomic mass is 31.2. The summed E-state index contributed by atoms with van der Waals surface area (Å²) < 4.78 is 34.1. The lowest BCUT2D eigenvalue weighted by Crippen LogP contribution is -2.37. The molecule has 0 saturated heterocycles. The van der Waals surface area contributed by atoms with Crippen molar-refractivity contribution in [2.75, 3.05) is 47.5 Å². The number of ether oxygens (including phenoxy) is 2. The van der Waals surface area contributed by atoms with E-state index >= 15 is 0 Å². The molecule has 0 rings (SSSR count). The Morgan fingerprint density at radius 2 is 0.675 bits per heavy atom. The molecule has 0 aliphatic carbocycles. The van der Waals surface area contributed by atoms with Gasteiger partial charge in [-0.15, -0.1) is 0 Å². The molecular weight excluding hydrogens is 1010 g/mol. The molecule has 0 bridgehead atoms. The van der Waals surface area contributed by atoms with Crippen molar-refractivity contribution in [3.63, 3.8) is 0 Å². The number of hydrogen-bond donors (Lipinski definition) is 0. The summed E-state index contributed by atoms with van der Waals surface area (Å²) in [5.74, 6) is -0.885. The molecule has 0 radical (unpaired) electrons. The summed E-state index contributed by atoms with van der Waals surface area (Å²) >= 11 is 0. The Balaban J connectivity index is 4.18. The quantitative estimate of drug-likeness (QED) is 0.0195. The smallest absolute Gasteiger partial charge is 0.306 e. The standard InChI is InChI=1S/C70H112NO8P/c1-6-8-10-12-14-16-18-20-22-24-25-26-27-28-29-30-31-32-33-34-35-36-37-38-39-40-41-42-43-44-45-47-49-51-53-55-57-59-61-63-70(73)79-68(67-78-80(74,75)77-65-64-71(3,4)5)66-76-69(72)62-60-58-56-54-52-50-48-46-23-21-19-17-15-13-11-9-7-2/h8-11,14-17,20-23,25-26,28-29,31-32,34-35,37-38,40-41,43-44,48,50,68H,6-7,12-13,18-19,24,27,30,33,36,39,42,45-47,49,51-67H2,1-5H3/b10-8-,11-9-,16-14-,17-15-,22-20-,23-21-,26-25-,29-28-,32-31-,35-34-,38-37-,41-40-,44-43-,50-48-. The average molecular weight is 1130 g/mol. The van der Waals surface area contributed by atoms with Crippen LogP contribution in [0.15, 0.2) is 170 Å². The molecule has 0 heterocycles. The number of phosphoric acid groups is 1. The van der Waals surface area contributed by atoms with Crippen molar-refractivity contribution in [2.24, 2.45) is 0 Å². The van der Waals surface area contributed by atoms with Crippen LogP contribution in [0.5, 0.6) is 0 Å². The molecule has 450 valence electrons. The van der Waals surface area contributed by atoms with E-state index in [1.54, 1.807) is 0 Å². The molecule has 0 aromatic heterocycles. The minimum absolute atomic E-state index is 0.0463. The van der Waals surface area contributed by atoms with E-state index in [0.717, 1.165) is 141 Å². The summed E-state index contributed by atoms with van der Waals surface area (Å²) in [6.45, 7) is 3.94. The van der Waals surface area contributed by atoms with Crippen LogP contribution in [0.25, 0.3) is 0 Å². The predicted molar refractivity (Wildman–Crippen MR) is 341 cm³/mol. The predicted octanol–water partition coefficient (Wildman–Crippen LogP) is 19.2. The monoisotopic (exact) mass is 1130 g/mol. The highest BCUT2D eigenvalue weighted by molar-refractivity contribution is 7.45. The van der Waals surface area contributed by atoms with Gasteiger partial charge in [0.15, 0.2) is 6.10 Å². The van der Waals surface area contributed by atoms with Gasteiger partial charge in [-0.05, 0) is 128 Å². The van der Waals surface area contributed by atoms with Crippen molar-refractivity contribution >= 4 is 19.8 Å². The minimum Gasteiger partial charge on any atom is -0.756 e. The van der Waals surface area contributed by atoms with Crippen LogP contribution in [-0.2, 0) is 32.7 Å². The zero-order valence-electron chi connectivity index (χ0n) is 50.9. The van der Waals surface area contributed by atoms with E-state index in [-0.39, 0.29) is 26.1 Å². The second-order valence-corrected chi connectivity index (χ2v) is 22.4. The van der Waals surface area contributed by atoms with Crippen LogP contribution in [0, 0.1) is 0 Å². The van der Waals surface area contributed by atoms with Crippen molar-refractivity contribution < 1.29 is 42.1 Å². The van der Waals surface area contributed by atoms with Gasteiger partial charge in [-0.2, -0.15) is 0 Å². The number of hydrogen-bond acceptors (Lipinski definition) is 8. The van der Waals surface area contributed by atoms with Gasteiger partial charge in [0.05, 0.1) is 27.7 Å². The summed E-state index contributed by atoms with van der Waals surface area (Å²) in [5, 5.41) is 0. The number of likely N-dealkylation sites (N-methyl/N-ethyl adjacent to an activating group) is 1. The van der Waals surface area contributed by atoms with Crippen molar-refractivity contribution in [1.29, 1.82) is 0 Å². The second-order valence-electron chi connectivity index (χ2n) is 20.9. The van der Waals surface area contributed by atoms with Crippen molar-refractivity contribution in [2.45, 2.75) is 213 Å². The fourth-order valence-corrected chi connectivity index (χ4v) is 8.28. The molecule has 0 saturated carbocycles. The van der Waals surface area contributed by atoms with Crippen LogP contribution < -0.4 is 4.89 Å². The third kappa shape index (κ3) is 62.6.